The van der Waals surface area contributed by atoms with Crippen molar-refractivity contribution in [2.24, 2.45) is 0 Å². The van der Waals surface area contributed by atoms with E-state index in [0.717, 1.165) is 30.0 Å². The van der Waals surface area contributed by atoms with Crippen molar-refractivity contribution < 1.29 is 13.2 Å². The number of hydrogen-bond acceptors (Lipinski definition) is 4. The highest BCUT2D eigenvalue weighted by Crippen LogP contribution is 2.32. The van der Waals surface area contributed by atoms with Crippen LogP contribution in [0.2, 0.25) is 5.02 Å². The first-order valence-corrected chi connectivity index (χ1v) is 11.9. The fourth-order valence-corrected chi connectivity index (χ4v) is 5.50. The Hall–Kier alpha value is -2.84. The van der Waals surface area contributed by atoms with Gasteiger partial charge in [0.2, 0.25) is 0 Å². The lowest BCUT2D eigenvalue weighted by Crippen LogP contribution is -2.27. The highest BCUT2D eigenvalue weighted by atomic mass is 35.5. The van der Waals surface area contributed by atoms with Gasteiger partial charge < -0.3 is 5.32 Å². The van der Waals surface area contributed by atoms with Gasteiger partial charge in [-0.05, 0) is 43.2 Å². The largest absolute Gasteiger partial charge is 0.307 e. The zero-order chi connectivity index (χ0) is 22.0. The number of carbonyl (C=O) groups excluding carboxylic acids is 1. The number of rotatable bonds is 6. The second kappa shape index (κ2) is 8.72. The third-order valence-electron chi connectivity index (χ3n) is 5.53. The molecule has 0 unspecified atom stereocenters. The first-order valence-electron chi connectivity index (χ1n) is 10.1. The highest BCUT2D eigenvalue weighted by molar-refractivity contribution is 7.93. The molecule has 1 N–H and O–H groups in total. The molecule has 1 saturated carbocycles. The summed E-state index contributed by atoms with van der Waals surface area (Å²) in [7, 11) is -2.51. The van der Waals surface area contributed by atoms with Gasteiger partial charge in [0.05, 0.1) is 22.9 Å². The lowest BCUT2D eigenvalue weighted by Gasteiger charge is -2.20. The Labute approximate surface area is 186 Å². The fraction of sp³-hybridized carbons (Fsp3) is 0.273. The number of carbonyl (C=O) groups is 1. The van der Waals surface area contributed by atoms with Gasteiger partial charge in [0.15, 0.2) is 0 Å². The van der Waals surface area contributed by atoms with Gasteiger partial charge in [-0.3, -0.25) is 9.10 Å². The van der Waals surface area contributed by atoms with Crippen LogP contribution < -0.4 is 9.62 Å². The monoisotopic (exact) mass is 458 g/mol. The van der Waals surface area contributed by atoms with Crippen molar-refractivity contribution in [2.45, 2.75) is 36.6 Å². The molecule has 4 rings (SSSR count). The predicted octanol–water partition coefficient (Wildman–Crippen LogP) is 4.73. The maximum atomic E-state index is 13.2. The molecule has 9 heteroatoms. The summed E-state index contributed by atoms with van der Waals surface area (Å²) >= 11 is 6.22. The van der Waals surface area contributed by atoms with Gasteiger partial charge in [0.25, 0.3) is 15.9 Å². The summed E-state index contributed by atoms with van der Waals surface area (Å²) in [6.07, 6.45) is 6.00. The SMILES string of the molecule is CN(c1ccccc1)S(=O)(=O)c1cc(C(=O)Nc2ccnn2C2CCCC2)ccc1Cl. The maximum absolute atomic E-state index is 13.2. The number of amides is 1. The van der Waals surface area contributed by atoms with Gasteiger partial charge in [0.1, 0.15) is 10.7 Å². The number of benzene rings is 2. The van der Waals surface area contributed by atoms with E-state index in [1.165, 1.54) is 25.2 Å². The summed E-state index contributed by atoms with van der Waals surface area (Å²) in [5.74, 6) is 0.174. The summed E-state index contributed by atoms with van der Waals surface area (Å²) in [6, 6.07) is 14.9. The molecule has 1 heterocycles. The normalized spacial score (nSPS) is 14.5. The van der Waals surface area contributed by atoms with E-state index in [9.17, 15) is 13.2 Å². The minimum atomic E-state index is -3.96. The number of aromatic nitrogens is 2. The fourth-order valence-electron chi connectivity index (χ4n) is 3.81. The first kappa shape index (κ1) is 21.4. The predicted molar refractivity (Wildman–Crippen MR) is 121 cm³/mol. The van der Waals surface area contributed by atoms with Crippen LogP contribution in [-0.2, 0) is 10.0 Å². The molecule has 1 aliphatic rings. The van der Waals surface area contributed by atoms with Gasteiger partial charge in [-0.2, -0.15) is 5.10 Å². The van der Waals surface area contributed by atoms with Crippen molar-refractivity contribution >= 4 is 39.0 Å². The molecule has 31 heavy (non-hydrogen) atoms. The van der Waals surface area contributed by atoms with Crippen LogP contribution in [0.3, 0.4) is 0 Å². The number of para-hydroxylation sites is 1. The van der Waals surface area contributed by atoms with Crippen LogP contribution in [0.1, 0.15) is 42.1 Å². The van der Waals surface area contributed by atoms with E-state index >= 15 is 0 Å². The second-order valence-electron chi connectivity index (χ2n) is 7.51. The Morgan fingerprint density at radius 2 is 1.84 bits per heavy atom. The molecule has 0 saturated heterocycles. The minimum Gasteiger partial charge on any atom is -0.307 e. The number of nitrogens with zero attached hydrogens (tertiary/aromatic N) is 3. The molecule has 0 bridgehead atoms. The summed E-state index contributed by atoms with van der Waals surface area (Å²) in [5, 5.41) is 7.25. The van der Waals surface area contributed by atoms with Gasteiger partial charge >= 0.3 is 0 Å². The van der Waals surface area contributed by atoms with Crippen LogP contribution >= 0.6 is 11.6 Å². The van der Waals surface area contributed by atoms with Gasteiger partial charge in [-0.25, -0.2) is 13.1 Å². The molecular formula is C22H23ClN4O3S. The lowest BCUT2D eigenvalue weighted by atomic mass is 10.2. The van der Waals surface area contributed by atoms with Crippen molar-refractivity contribution in [1.29, 1.82) is 0 Å². The Morgan fingerprint density at radius 3 is 2.55 bits per heavy atom. The summed E-state index contributed by atoms with van der Waals surface area (Å²) in [4.78, 5) is 12.8. The molecule has 1 aromatic heterocycles. The van der Waals surface area contributed by atoms with Crippen LogP contribution in [0.4, 0.5) is 11.5 Å². The topological polar surface area (TPSA) is 84.3 Å². The Bertz CT molecular complexity index is 1190. The Morgan fingerprint density at radius 1 is 1.13 bits per heavy atom. The quantitative estimate of drug-likeness (QED) is 0.578. The number of hydrogen-bond donors (Lipinski definition) is 1. The second-order valence-corrected chi connectivity index (χ2v) is 9.85. The van der Waals surface area contributed by atoms with E-state index in [4.69, 9.17) is 11.6 Å². The van der Waals surface area contributed by atoms with E-state index in [1.807, 2.05) is 4.68 Å². The van der Waals surface area contributed by atoms with Gasteiger partial charge in [-0.15, -0.1) is 0 Å². The summed E-state index contributed by atoms with van der Waals surface area (Å²) < 4.78 is 29.3. The average Bonchev–Trinajstić information content (AvgIpc) is 3.45. The van der Waals surface area contributed by atoms with Gasteiger partial charge in [0, 0.05) is 18.7 Å². The summed E-state index contributed by atoms with van der Waals surface area (Å²) in [5.41, 5.74) is 0.692. The molecule has 162 valence electrons. The smallest absolute Gasteiger partial charge is 0.265 e. The van der Waals surface area contributed by atoms with Crippen LogP contribution in [0.15, 0.2) is 65.7 Å². The van der Waals surface area contributed by atoms with E-state index in [2.05, 4.69) is 10.4 Å². The third kappa shape index (κ3) is 4.31. The number of sulfonamides is 1. The zero-order valence-corrected chi connectivity index (χ0v) is 18.6. The average molecular weight is 459 g/mol. The molecule has 0 spiro atoms. The third-order valence-corrected chi connectivity index (χ3v) is 7.80. The highest BCUT2D eigenvalue weighted by Gasteiger charge is 2.26. The molecule has 1 amide bonds. The number of nitrogens with one attached hydrogen (secondary N) is 1. The first-order chi connectivity index (χ1) is 14.9. The Kier molecular flexibility index (Phi) is 6.02. The van der Waals surface area contributed by atoms with E-state index in [-0.39, 0.29) is 21.5 Å². The lowest BCUT2D eigenvalue weighted by molar-refractivity contribution is 0.102. The molecule has 7 nitrogen and oxygen atoms in total. The van der Waals surface area contributed by atoms with Crippen LogP contribution in [0.25, 0.3) is 0 Å². The van der Waals surface area contributed by atoms with Crippen LogP contribution in [0.5, 0.6) is 0 Å². The molecule has 1 fully saturated rings. The molecule has 3 aromatic rings. The van der Waals surface area contributed by atoms with E-state index in [1.54, 1.807) is 42.6 Å². The molecule has 0 atom stereocenters. The van der Waals surface area contributed by atoms with E-state index in [0.29, 0.717) is 11.5 Å². The van der Waals surface area contributed by atoms with Crippen molar-refractivity contribution in [3.8, 4) is 0 Å². The van der Waals surface area contributed by atoms with Crippen molar-refractivity contribution in [2.75, 3.05) is 16.7 Å². The van der Waals surface area contributed by atoms with Crippen LogP contribution in [-0.4, -0.2) is 31.2 Å². The molecule has 1 aliphatic carbocycles. The number of halogens is 1. The van der Waals surface area contributed by atoms with E-state index < -0.39 is 15.9 Å². The maximum Gasteiger partial charge on any atom is 0.265 e. The summed E-state index contributed by atoms with van der Waals surface area (Å²) in [6.45, 7) is 0. The van der Waals surface area contributed by atoms with Crippen molar-refractivity contribution in [1.82, 2.24) is 9.78 Å². The number of anilines is 2. The molecular weight excluding hydrogens is 436 g/mol. The minimum absolute atomic E-state index is 0.0512. The van der Waals surface area contributed by atoms with Crippen LogP contribution in [0, 0.1) is 0 Å². The Balaban J connectivity index is 1.61. The van der Waals surface area contributed by atoms with Crippen molar-refractivity contribution in [3.05, 3.63) is 71.4 Å². The molecule has 2 aromatic carbocycles. The van der Waals surface area contributed by atoms with Gasteiger partial charge in [-0.1, -0.05) is 42.6 Å². The van der Waals surface area contributed by atoms with Crippen molar-refractivity contribution in [3.63, 3.8) is 0 Å². The molecule has 0 radical (unpaired) electrons. The zero-order valence-electron chi connectivity index (χ0n) is 17.0. The molecule has 0 aliphatic heterocycles. The standard InChI is InChI=1S/C22H23ClN4O3S/c1-26(17-7-3-2-4-8-17)31(29,30)20-15-16(11-12-19(20)23)22(28)25-21-13-14-24-27(21)18-9-5-6-10-18/h2-4,7-8,11-15,18H,5-6,9-10H2,1H3,(H,25,28).